The second-order valence-corrected chi connectivity index (χ2v) is 3.83. The molecule has 0 aliphatic carbocycles. The van der Waals surface area contributed by atoms with Crippen LogP contribution in [-0.4, -0.2) is 35.7 Å². The minimum Gasteiger partial charge on any atom is -0.478 e. The van der Waals surface area contributed by atoms with E-state index in [4.69, 9.17) is 5.11 Å². The maximum absolute atomic E-state index is 12.9. The van der Waals surface area contributed by atoms with Gasteiger partial charge in [-0.2, -0.15) is 13.2 Å². The van der Waals surface area contributed by atoms with Gasteiger partial charge in [0.1, 0.15) is 0 Å². The van der Waals surface area contributed by atoms with Crippen LogP contribution in [0.1, 0.15) is 38.9 Å². The molecule has 0 unspecified atom stereocenters. The van der Waals surface area contributed by atoms with Crippen LogP contribution in [0.5, 0.6) is 0 Å². The number of rotatable bonds is 5. The summed E-state index contributed by atoms with van der Waals surface area (Å²) in [6.07, 6.45) is -4.39. The molecule has 6 nitrogen and oxygen atoms in total. The van der Waals surface area contributed by atoms with E-state index < -0.39 is 47.1 Å². The smallest absolute Gasteiger partial charge is 0.434 e. The first kappa shape index (κ1) is 16.9. The van der Waals surface area contributed by atoms with Crippen molar-refractivity contribution in [3.8, 4) is 0 Å². The normalized spacial score (nSPS) is 11.3. The number of nitrogens with zero attached hydrogens (tertiary/aromatic N) is 1. The van der Waals surface area contributed by atoms with Gasteiger partial charge in [-0.15, -0.1) is 0 Å². The maximum Gasteiger partial charge on any atom is 0.434 e. The first-order chi connectivity index (χ1) is 9.73. The van der Waals surface area contributed by atoms with Crippen LogP contribution < -0.4 is 0 Å². The van der Waals surface area contributed by atoms with E-state index in [2.05, 4.69) is 14.5 Å². The van der Waals surface area contributed by atoms with E-state index >= 15 is 0 Å². The molecule has 1 aromatic heterocycles. The van der Waals surface area contributed by atoms with Crippen molar-refractivity contribution < 1.29 is 37.3 Å². The lowest BCUT2D eigenvalue weighted by Crippen LogP contribution is -2.22. The molecule has 0 bridgehead atoms. The van der Waals surface area contributed by atoms with Crippen LogP contribution >= 0.6 is 0 Å². The number of carboxylic acids is 1. The molecule has 9 heteroatoms. The second kappa shape index (κ2) is 6.53. The quantitative estimate of drug-likeness (QED) is 0.839. The topological polar surface area (TPSA) is 85.7 Å². The highest BCUT2D eigenvalue weighted by molar-refractivity contribution is 5.98. The van der Waals surface area contributed by atoms with E-state index in [0.717, 1.165) is 7.11 Å². The number of alkyl halides is 3. The highest BCUT2D eigenvalue weighted by Crippen LogP contribution is 2.33. The number of carbonyl (C=O) groups excluding carboxylic acids is 1. The molecule has 21 heavy (non-hydrogen) atoms. The third-order valence-electron chi connectivity index (χ3n) is 2.45. The lowest BCUT2D eigenvalue weighted by Gasteiger charge is -2.16. The van der Waals surface area contributed by atoms with Gasteiger partial charge in [0.05, 0.1) is 24.3 Å². The predicted molar refractivity (Wildman–Crippen MR) is 62.9 cm³/mol. The number of pyridine rings is 1. The van der Waals surface area contributed by atoms with E-state index in [-0.39, 0.29) is 6.61 Å². The second-order valence-electron chi connectivity index (χ2n) is 3.83. The molecule has 0 spiro atoms. The molecule has 0 amide bonds. The van der Waals surface area contributed by atoms with Gasteiger partial charge in [-0.1, -0.05) is 0 Å². The van der Waals surface area contributed by atoms with Crippen LogP contribution in [0.25, 0.3) is 0 Å². The molecule has 0 radical (unpaired) electrons. The highest BCUT2D eigenvalue weighted by Gasteiger charge is 2.40. The number of aromatic carboxylic acids is 1. The van der Waals surface area contributed by atoms with Crippen LogP contribution in [0.2, 0.25) is 0 Å². The Morgan fingerprint density at radius 2 is 2.00 bits per heavy atom. The number of hydrogen-bond donors (Lipinski definition) is 1. The van der Waals surface area contributed by atoms with Gasteiger partial charge in [-0.25, -0.2) is 9.59 Å². The average Bonchev–Trinajstić information content (AvgIpc) is 2.37. The van der Waals surface area contributed by atoms with Crippen LogP contribution in [0.15, 0.2) is 6.20 Å². The average molecular weight is 307 g/mol. The van der Waals surface area contributed by atoms with E-state index in [1.807, 2.05) is 0 Å². The van der Waals surface area contributed by atoms with Crippen LogP contribution in [0.3, 0.4) is 0 Å². The Bertz CT molecular complexity index is 557. The summed E-state index contributed by atoms with van der Waals surface area (Å²) in [5, 5.41) is 8.99. The van der Waals surface area contributed by atoms with Gasteiger partial charge in [0.15, 0.2) is 5.69 Å². The Labute approximate surface area is 117 Å². The van der Waals surface area contributed by atoms with Crippen molar-refractivity contribution in [3.63, 3.8) is 0 Å². The molecule has 116 valence electrons. The predicted octanol–water partition coefficient (Wildman–Crippen LogP) is 2.12. The molecule has 0 aromatic carbocycles. The van der Waals surface area contributed by atoms with Crippen molar-refractivity contribution >= 4 is 11.9 Å². The Hall–Kier alpha value is -2.16. The summed E-state index contributed by atoms with van der Waals surface area (Å²) in [6, 6.07) is 0. The van der Waals surface area contributed by atoms with Crippen LogP contribution in [-0.2, 0) is 22.3 Å². The van der Waals surface area contributed by atoms with Crippen molar-refractivity contribution in [1.82, 2.24) is 4.98 Å². The summed E-state index contributed by atoms with van der Waals surface area (Å²) in [5.41, 5.74) is -3.41. The summed E-state index contributed by atoms with van der Waals surface area (Å²) in [7, 11) is 1.16. The Balaban J connectivity index is 3.66. The fourth-order valence-electron chi connectivity index (χ4n) is 1.67. The van der Waals surface area contributed by atoms with Crippen LogP contribution in [0.4, 0.5) is 13.2 Å². The molecular formula is C12H12F3NO5. The minimum absolute atomic E-state index is 0.167. The number of esters is 1. The molecule has 0 atom stereocenters. The van der Waals surface area contributed by atoms with Crippen molar-refractivity contribution in [2.24, 2.45) is 0 Å². The third-order valence-corrected chi connectivity index (χ3v) is 2.45. The highest BCUT2D eigenvalue weighted by atomic mass is 19.4. The molecule has 0 aliphatic heterocycles. The van der Waals surface area contributed by atoms with Crippen molar-refractivity contribution in [2.75, 3.05) is 13.7 Å². The number of hydrogen-bond acceptors (Lipinski definition) is 5. The molecule has 1 aromatic rings. The molecule has 1 heterocycles. The number of halogens is 3. The lowest BCUT2D eigenvalue weighted by molar-refractivity contribution is -0.141. The fourth-order valence-corrected chi connectivity index (χ4v) is 1.67. The van der Waals surface area contributed by atoms with E-state index in [1.54, 1.807) is 0 Å². The monoisotopic (exact) mass is 307 g/mol. The summed E-state index contributed by atoms with van der Waals surface area (Å²) in [4.78, 5) is 25.9. The van der Waals surface area contributed by atoms with Gasteiger partial charge in [-0.05, 0) is 6.92 Å². The SMILES string of the molecule is CCOC(=O)c1c(C(F)(F)F)ncc(C(=O)O)c1COC. The Morgan fingerprint density at radius 3 is 2.43 bits per heavy atom. The summed E-state index contributed by atoms with van der Waals surface area (Å²) in [5.74, 6) is -2.82. The van der Waals surface area contributed by atoms with Gasteiger partial charge in [0.2, 0.25) is 0 Å². The molecule has 0 fully saturated rings. The molecular weight excluding hydrogens is 295 g/mol. The lowest BCUT2D eigenvalue weighted by atomic mass is 10.0. The van der Waals surface area contributed by atoms with Gasteiger partial charge >= 0.3 is 18.1 Å². The minimum atomic E-state index is -4.93. The van der Waals surface area contributed by atoms with E-state index in [1.165, 1.54) is 6.92 Å². The number of methoxy groups -OCH3 is 1. The van der Waals surface area contributed by atoms with Gasteiger partial charge in [0.25, 0.3) is 0 Å². The number of carboxylic acid groups (broad SMARTS) is 1. The van der Waals surface area contributed by atoms with Crippen molar-refractivity contribution in [1.29, 1.82) is 0 Å². The summed E-state index contributed by atoms with van der Waals surface area (Å²) >= 11 is 0. The Morgan fingerprint density at radius 1 is 1.38 bits per heavy atom. The number of ether oxygens (including phenoxy) is 2. The van der Waals surface area contributed by atoms with Crippen molar-refractivity contribution in [2.45, 2.75) is 19.7 Å². The van der Waals surface area contributed by atoms with Crippen molar-refractivity contribution in [3.05, 3.63) is 28.6 Å². The largest absolute Gasteiger partial charge is 0.478 e. The molecule has 1 rings (SSSR count). The van der Waals surface area contributed by atoms with Gasteiger partial charge in [0, 0.05) is 18.9 Å². The standard InChI is InChI=1S/C12H12F3NO5/c1-3-21-11(19)8-7(5-20-2)6(10(17)18)4-16-9(8)12(13,14)15/h4H,3,5H2,1-2H3,(H,17,18). The zero-order valence-electron chi connectivity index (χ0n) is 11.2. The third kappa shape index (κ3) is 3.69. The maximum atomic E-state index is 12.9. The summed E-state index contributed by atoms with van der Waals surface area (Å²) in [6.45, 7) is 0.747. The van der Waals surface area contributed by atoms with Crippen LogP contribution in [0, 0.1) is 0 Å². The van der Waals surface area contributed by atoms with E-state index in [0.29, 0.717) is 6.20 Å². The Kier molecular flexibility index (Phi) is 5.25. The molecule has 0 saturated carbocycles. The molecule has 1 N–H and O–H groups in total. The number of aromatic nitrogens is 1. The fraction of sp³-hybridized carbons (Fsp3) is 0.417. The van der Waals surface area contributed by atoms with E-state index in [9.17, 15) is 22.8 Å². The van der Waals surface area contributed by atoms with Gasteiger partial charge < -0.3 is 14.6 Å². The van der Waals surface area contributed by atoms with Gasteiger partial charge in [-0.3, -0.25) is 4.98 Å². The first-order valence-electron chi connectivity index (χ1n) is 5.72. The zero-order valence-corrected chi connectivity index (χ0v) is 11.2. The first-order valence-corrected chi connectivity index (χ1v) is 5.72. The zero-order chi connectivity index (χ0) is 16.2. The summed E-state index contributed by atoms with van der Waals surface area (Å²) < 4.78 is 48.1. The molecule has 0 aliphatic rings. The molecule has 0 saturated heterocycles. The number of carbonyl (C=O) groups is 2.